The molecule has 3 N–H and O–H groups in total. The molecule has 1 amide bonds. The van der Waals surface area contributed by atoms with Crippen LogP contribution in [0.2, 0.25) is 0 Å². The van der Waals surface area contributed by atoms with E-state index in [4.69, 9.17) is 10.5 Å². The van der Waals surface area contributed by atoms with Crippen LogP contribution >= 0.6 is 0 Å². The van der Waals surface area contributed by atoms with Gasteiger partial charge in [0.2, 0.25) is 5.91 Å². The quantitative estimate of drug-likeness (QED) is 0.234. The van der Waals surface area contributed by atoms with Gasteiger partial charge in [-0.15, -0.1) is 0 Å². The molecule has 2 aromatic rings. The molecule has 35 heavy (non-hydrogen) atoms. The number of aromatic nitrogens is 1. The van der Waals surface area contributed by atoms with Crippen molar-refractivity contribution in [1.29, 1.82) is 0 Å². The third-order valence-electron chi connectivity index (χ3n) is 5.75. The van der Waals surface area contributed by atoms with E-state index in [0.29, 0.717) is 31.2 Å². The van der Waals surface area contributed by atoms with Crippen molar-refractivity contribution >= 4 is 17.8 Å². The zero-order valence-electron chi connectivity index (χ0n) is 20.7. The van der Waals surface area contributed by atoms with E-state index in [1.807, 2.05) is 42.2 Å². The Labute approximate surface area is 206 Å². The molecule has 2 heterocycles. The Morgan fingerprint density at radius 2 is 2.17 bits per heavy atom. The number of carbonyl (C=O) groups is 1. The highest BCUT2D eigenvalue weighted by atomic mass is 19.1. The van der Waals surface area contributed by atoms with Gasteiger partial charge in [-0.25, -0.2) is 4.39 Å². The zero-order chi connectivity index (χ0) is 25.2. The normalized spacial score (nSPS) is 17.1. The number of amidine groups is 1. The van der Waals surface area contributed by atoms with E-state index >= 15 is 0 Å². The number of alkyl halides is 1. The second-order valence-electron chi connectivity index (χ2n) is 8.76. The SMILES string of the molecule is C/C(N)=N/NCc1cc(C)ccc1/C=C/C(=O)N1CCN(Cc2ccc(OCCF)cn2)C[C@H]1C. The molecule has 0 saturated carbocycles. The number of hydrazone groups is 1. The Balaban J connectivity index is 1.55. The fraction of sp³-hybridized carbons (Fsp3) is 0.423. The van der Waals surface area contributed by atoms with E-state index < -0.39 is 6.67 Å². The lowest BCUT2D eigenvalue weighted by Crippen LogP contribution is -2.53. The van der Waals surface area contributed by atoms with E-state index in [1.165, 1.54) is 0 Å². The van der Waals surface area contributed by atoms with Crippen molar-refractivity contribution in [3.05, 3.63) is 65.0 Å². The Morgan fingerprint density at radius 3 is 2.86 bits per heavy atom. The lowest BCUT2D eigenvalue weighted by atomic mass is 10.0. The van der Waals surface area contributed by atoms with Gasteiger partial charge in [0, 0.05) is 38.3 Å². The summed E-state index contributed by atoms with van der Waals surface area (Å²) in [6.07, 6.45) is 5.14. The Hall–Kier alpha value is -3.46. The first kappa shape index (κ1) is 26.2. The predicted octanol–water partition coefficient (Wildman–Crippen LogP) is 2.87. The topological polar surface area (TPSA) is 96.1 Å². The molecule has 0 bridgehead atoms. The molecule has 0 unspecified atom stereocenters. The molecular weight excluding hydrogens is 447 g/mol. The lowest BCUT2D eigenvalue weighted by molar-refractivity contribution is -0.130. The van der Waals surface area contributed by atoms with Gasteiger partial charge in [0.15, 0.2) is 0 Å². The van der Waals surface area contributed by atoms with E-state index in [2.05, 4.69) is 33.4 Å². The van der Waals surface area contributed by atoms with Crippen molar-refractivity contribution < 1.29 is 13.9 Å². The summed E-state index contributed by atoms with van der Waals surface area (Å²) in [5.74, 6) is 1.03. The minimum absolute atomic E-state index is 0.0000488. The van der Waals surface area contributed by atoms with E-state index in [-0.39, 0.29) is 18.6 Å². The molecule has 1 aliphatic heterocycles. The number of nitrogens with two attached hydrogens (primary N) is 1. The van der Waals surface area contributed by atoms with Crippen LogP contribution < -0.4 is 15.9 Å². The molecule has 1 aliphatic rings. The van der Waals surface area contributed by atoms with Crippen LogP contribution in [0.15, 0.2) is 47.7 Å². The third kappa shape index (κ3) is 8.06. The zero-order valence-corrected chi connectivity index (χ0v) is 20.7. The van der Waals surface area contributed by atoms with Crippen LogP contribution in [0.4, 0.5) is 4.39 Å². The molecule has 1 aromatic heterocycles. The minimum Gasteiger partial charge on any atom is -0.489 e. The van der Waals surface area contributed by atoms with Crippen molar-refractivity contribution in [3.8, 4) is 5.75 Å². The maximum atomic E-state index is 13.0. The van der Waals surface area contributed by atoms with Crippen molar-refractivity contribution in [1.82, 2.24) is 20.2 Å². The number of halogens is 1. The van der Waals surface area contributed by atoms with Crippen molar-refractivity contribution in [3.63, 3.8) is 0 Å². The maximum Gasteiger partial charge on any atom is 0.246 e. The molecule has 0 radical (unpaired) electrons. The fourth-order valence-electron chi connectivity index (χ4n) is 4.04. The highest BCUT2D eigenvalue weighted by molar-refractivity contribution is 5.92. The van der Waals surface area contributed by atoms with Gasteiger partial charge in [-0.3, -0.25) is 14.7 Å². The monoisotopic (exact) mass is 482 g/mol. The first-order valence-corrected chi connectivity index (χ1v) is 11.8. The summed E-state index contributed by atoms with van der Waals surface area (Å²) in [6.45, 7) is 8.72. The van der Waals surface area contributed by atoms with Gasteiger partial charge in [-0.2, -0.15) is 5.10 Å². The highest BCUT2D eigenvalue weighted by Gasteiger charge is 2.26. The summed E-state index contributed by atoms with van der Waals surface area (Å²) in [7, 11) is 0. The molecule has 3 rings (SSSR count). The number of ether oxygens (including phenoxy) is 1. The smallest absolute Gasteiger partial charge is 0.246 e. The highest BCUT2D eigenvalue weighted by Crippen LogP contribution is 2.17. The molecule has 1 saturated heterocycles. The summed E-state index contributed by atoms with van der Waals surface area (Å²) in [5, 5.41) is 4.04. The van der Waals surface area contributed by atoms with Crippen LogP contribution in [-0.4, -0.2) is 65.5 Å². The predicted molar refractivity (Wildman–Crippen MR) is 137 cm³/mol. The van der Waals surface area contributed by atoms with Gasteiger partial charge in [-0.05, 0) is 50.1 Å². The first-order valence-electron chi connectivity index (χ1n) is 11.8. The first-order chi connectivity index (χ1) is 16.9. The van der Waals surface area contributed by atoms with Crippen molar-refractivity contribution in [2.45, 2.75) is 39.9 Å². The second-order valence-corrected chi connectivity index (χ2v) is 8.76. The minimum atomic E-state index is -0.523. The summed E-state index contributed by atoms with van der Waals surface area (Å²) in [6, 6.07) is 9.90. The van der Waals surface area contributed by atoms with E-state index in [0.717, 1.165) is 35.5 Å². The summed E-state index contributed by atoms with van der Waals surface area (Å²) >= 11 is 0. The third-order valence-corrected chi connectivity index (χ3v) is 5.75. The van der Waals surface area contributed by atoms with Gasteiger partial charge in [0.25, 0.3) is 0 Å². The average molecular weight is 483 g/mol. The second kappa shape index (κ2) is 12.9. The average Bonchev–Trinajstić information content (AvgIpc) is 2.83. The van der Waals surface area contributed by atoms with Gasteiger partial charge >= 0.3 is 0 Å². The molecule has 8 nitrogen and oxygen atoms in total. The number of nitrogens with one attached hydrogen (secondary N) is 1. The van der Waals surface area contributed by atoms with E-state index in [1.54, 1.807) is 19.2 Å². The number of benzene rings is 1. The number of aryl methyl sites for hydroxylation is 1. The van der Waals surface area contributed by atoms with Gasteiger partial charge < -0.3 is 20.8 Å². The molecule has 1 aromatic carbocycles. The Bertz CT molecular complexity index is 1040. The molecule has 188 valence electrons. The lowest BCUT2D eigenvalue weighted by Gasteiger charge is -2.39. The van der Waals surface area contributed by atoms with Crippen LogP contribution in [-0.2, 0) is 17.9 Å². The van der Waals surface area contributed by atoms with Gasteiger partial charge in [0.1, 0.15) is 24.9 Å². The number of carbonyl (C=O) groups excluding carboxylic acids is 1. The van der Waals surface area contributed by atoms with Crippen LogP contribution in [0.25, 0.3) is 6.08 Å². The van der Waals surface area contributed by atoms with Crippen molar-refractivity contribution in [2.75, 3.05) is 32.9 Å². The largest absolute Gasteiger partial charge is 0.489 e. The molecule has 0 spiro atoms. The van der Waals surface area contributed by atoms with Gasteiger partial charge in [0.05, 0.1) is 18.4 Å². The number of rotatable bonds is 10. The number of hydrogen-bond acceptors (Lipinski definition) is 6. The van der Waals surface area contributed by atoms with E-state index in [9.17, 15) is 9.18 Å². The maximum absolute atomic E-state index is 13.0. The summed E-state index contributed by atoms with van der Waals surface area (Å²) < 4.78 is 17.5. The van der Waals surface area contributed by atoms with Crippen LogP contribution in [0.1, 0.15) is 36.2 Å². The van der Waals surface area contributed by atoms with Crippen LogP contribution in [0.3, 0.4) is 0 Å². The number of hydrogen-bond donors (Lipinski definition) is 2. The fourth-order valence-corrected chi connectivity index (χ4v) is 4.04. The van der Waals surface area contributed by atoms with Gasteiger partial charge in [-0.1, -0.05) is 23.8 Å². The summed E-state index contributed by atoms with van der Waals surface area (Å²) in [5.41, 5.74) is 12.6. The standard InChI is InChI=1S/C26H35FN6O2/c1-19-4-5-22(23(14-19)15-30-31-21(3)28)6-9-26(34)33-12-11-32(17-20(33)2)18-24-7-8-25(16-29-24)35-13-10-27/h4-9,14,16,20,30H,10-13,15,17-18H2,1-3H3,(H2,28,31)/b9-6+/t20-/m1/s1. The number of nitrogens with zero attached hydrogens (tertiary/aromatic N) is 4. The Morgan fingerprint density at radius 1 is 1.34 bits per heavy atom. The molecule has 1 fully saturated rings. The van der Waals surface area contributed by atoms with Crippen molar-refractivity contribution in [2.24, 2.45) is 10.8 Å². The molecule has 1 atom stereocenters. The number of amides is 1. The van der Waals surface area contributed by atoms with Crippen LogP contribution in [0.5, 0.6) is 5.75 Å². The molecule has 9 heteroatoms. The molecular formula is C26H35FN6O2. The van der Waals surface area contributed by atoms with Crippen LogP contribution in [0, 0.1) is 6.92 Å². The number of pyridine rings is 1. The number of piperazine rings is 1. The molecule has 0 aliphatic carbocycles. The Kier molecular flexibility index (Phi) is 9.60. The summed E-state index contributed by atoms with van der Waals surface area (Å²) in [4.78, 5) is 21.6.